The van der Waals surface area contributed by atoms with E-state index in [1.165, 1.54) is 18.2 Å². The van der Waals surface area contributed by atoms with Gasteiger partial charge in [-0.15, -0.1) is 0 Å². The van der Waals surface area contributed by atoms with Crippen LogP contribution in [0, 0.1) is 10.1 Å². The van der Waals surface area contributed by atoms with Crippen LogP contribution in [-0.2, 0) is 6.42 Å². The monoisotopic (exact) mass is 286 g/mol. The second kappa shape index (κ2) is 6.47. The number of amides is 1. The predicted molar refractivity (Wildman–Crippen MR) is 77.8 cm³/mol. The molecule has 3 N–H and O–H groups in total. The summed E-state index contributed by atoms with van der Waals surface area (Å²) in [4.78, 5) is 26.1. The Balaban J connectivity index is 2.00. The molecule has 0 atom stereocenters. The van der Waals surface area contributed by atoms with Crippen LogP contribution in [0.15, 0.2) is 42.7 Å². The number of carbonyl (C=O) groups is 1. The van der Waals surface area contributed by atoms with E-state index in [2.05, 4.69) is 10.3 Å². The van der Waals surface area contributed by atoms with Crippen LogP contribution < -0.4 is 11.1 Å². The van der Waals surface area contributed by atoms with Crippen molar-refractivity contribution in [2.45, 2.75) is 6.42 Å². The standard InChI is InChI=1S/C14H14N4O3/c15-13-4-3-11(18(20)21)8-12(13)14(19)17-7-5-10-2-1-6-16-9-10/h1-4,6,8-9H,5,7,15H2,(H,17,19). The van der Waals surface area contributed by atoms with Crippen LogP contribution in [0.2, 0.25) is 0 Å². The van der Waals surface area contributed by atoms with E-state index in [9.17, 15) is 14.9 Å². The van der Waals surface area contributed by atoms with Gasteiger partial charge in [0.25, 0.3) is 11.6 Å². The average molecular weight is 286 g/mol. The smallest absolute Gasteiger partial charge is 0.270 e. The summed E-state index contributed by atoms with van der Waals surface area (Å²) < 4.78 is 0. The fourth-order valence-corrected chi connectivity index (χ4v) is 1.82. The van der Waals surface area contributed by atoms with E-state index in [4.69, 9.17) is 5.73 Å². The minimum atomic E-state index is -0.564. The number of hydrogen-bond acceptors (Lipinski definition) is 5. The maximum Gasteiger partial charge on any atom is 0.270 e. The second-order valence-electron chi connectivity index (χ2n) is 4.40. The van der Waals surface area contributed by atoms with Crippen LogP contribution in [0.3, 0.4) is 0 Å². The summed E-state index contributed by atoms with van der Waals surface area (Å²) in [6.07, 6.45) is 4.01. The highest BCUT2D eigenvalue weighted by Gasteiger charge is 2.14. The molecule has 0 saturated heterocycles. The average Bonchev–Trinajstić information content (AvgIpc) is 2.48. The fraction of sp³-hybridized carbons (Fsp3) is 0.143. The number of nitrogens with zero attached hydrogens (tertiary/aromatic N) is 2. The Bertz CT molecular complexity index is 659. The summed E-state index contributed by atoms with van der Waals surface area (Å²) in [6, 6.07) is 7.52. The molecule has 1 aromatic carbocycles. The minimum absolute atomic E-state index is 0.107. The first-order valence-electron chi connectivity index (χ1n) is 6.29. The van der Waals surface area contributed by atoms with E-state index in [0.29, 0.717) is 13.0 Å². The zero-order valence-corrected chi connectivity index (χ0v) is 11.2. The Labute approximate surface area is 121 Å². The van der Waals surface area contributed by atoms with Gasteiger partial charge in [-0.2, -0.15) is 0 Å². The van der Waals surface area contributed by atoms with Crippen LogP contribution in [-0.4, -0.2) is 22.4 Å². The van der Waals surface area contributed by atoms with E-state index < -0.39 is 10.8 Å². The molecular weight excluding hydrogens is 272 g/mol. The molecule has 0 aliphatic carbocycles. The number of benzene rings is 1. The number of nitrogen functional groups attached to an aromatic ring is 1. The number of nitro benzene ring substituents is 1. The second-order valence-corrected chi connectivity index (χ2v) is 4.40. The first-order valence-corrected chi connectivity index (χ1v) is 6.29. The normalized spacial score (nSPS) is 10.1. The van der Waals surface area contributed by atoms with Crippen molar-refractivity contribution in [2.24, 2.45) is 0 Å². The fourth-order valence-electron chi connectivity index (χ4n) is 1.82. The van der Waals surface area contributed by atoms with Crippen LogP contribution in [0.1, 0.15) is 15.9 Å². The van der Waals surface area contributed by atoms with E-state index in [-0.39, 0.29) is 16.9 Å². The molecule has 108 valence electrons. The molecule has 0 saturated carbocycles. The van der Waals surface area contributed by atoms with E-state index in [1.54, 1.807) is 12.4 Å². The molecule has 7 heteroatoms. The SMILES string of the molecule is Nc1ccc([N+](=O)[O-])cc1C(=O)NCCc1cccnc1. The molecule has 2 rings (SSSR count). The molecule has 1 amide bonds. The maximum absolute atomic E-state index is 12.0. The molecule has 7 nitrogen and oxygen atoms in total. The number of nitrogens with two attached hydrogens (primary N) is 1. The van der Waals surface area contributed by atoms with Gasteiger partial charge in [0.05, 0.1) is 10.5 Å². The van der Waals surface area contributed by atoms with Gasteiger partial charge in [-0.3, -0.25) is 19.9 Å². The number of nitro groups is 1. The minimum Gasteiger partial charge on any atom is -0.398 e. The molecule has 1 aromatic heterocycles. The van der Waals surface area contributed by atoms with Gasteiger partial charge >= 0.3 is 0 Å². The van der Waals surface area contributed by atoms with Gasteiger partial charge in [0.1, 0.15) is 0 Å². The molecule has 1 heterocycles. The van der Waals surface area contributed by atoms with Gasteiger partial charge in [-0.1, -0.05) is 6.07 Å². The molecule has 0 spiro atoms. The molecule has 0 fully saturated rings. The van der Waals surface area contributed by atoms with Crippen LogP contribution in [0.4, 0.5) is 11.4 Å². The summed E-state index contributed by atoms with van der Waals surface area (Å²) in [5.41, 5.74) is 6.82. The van der Waals surface area contributed by atoms with Crippen molar-refractivity contribution in [2.75, 3.05) is 12.3 Å². The third-order valence-electron chi connectivity index (χ3n) is 2.91. The third kappa shape index (κ3) is 3.75. The number of hydrogen-bond donors (Lipinski definition) is 2. The molecule has 0 radical (unpaired) electrons. The number of non-ortho nitro benzene ring substituents is 1. The van der Waals surface area contributed by atoms with Crippen LogP contribution in [0.5, 0.6) is 0 Å². The van der Waals surface area contributed by atoms with Crippen molar-refractivity contribution < 1.29 is 9.72 Å². The van der Waals surface area contributed by atoms with Crippen molar-refractivity contribution >= 4 is 17.3 Å². The van der Waals surface area contributed by atoms with Crippen molar-refractivity contribution in [1.82, 2.24) is 10.3 Å². The predicted octanol–water partition coefficient (Wildman–Crippen LogP) is 1.54. The molecule has 2 aromatic rings. The summed E-state index contributed by atoms with van der Waals surface area (Å²) in [7, 11) is 0. The van der Waals surface area contributed by atoms with Gasteiger partial charge in [-0.25, -0.2) is 0 Å². The molecular formula is C14H14N4O3. The Hall–Kier alpha value is -2.96. The first-order chi connectivity index (χ1) is 10.1. The Morgan fingerprint density at radius 3 is 2.86 bits per heavy atom. The van der Waals surface area contributed by atoms with Gasteiger partial charge in [0.2, 0.25) is 0 Å². The lowest BCUT2D eigenvalue weighted by Crippen LogP contribution is -2.26. The largest absolute Gasteiger partial charge is 0.398 e. The molecule has 0 aliphatic heterocycles. The maximum atomic E-state index is 12.0. The zero-order chi connectivity index (χ0) is 15.2. The topological polar surface area (TPSA) is 111 Å². The zero-order valence-electron chi connectivity index (χ0n) is 11.2. The molecule has 21 heavy (non-hydrogen) atoms. The Kier molecular flexibility index (Phi) is 4.45. The lowest BCUT2D eigenvalue weighted by atomic mass is 10.1. The quantitative estimate of drug-likeness (QED) is 0.492. The Morgan fingerprint density at radius 2 is 2.19 bits per heavy atom. The third-order valence-corrected chi connectivity index (χ3v) is 2.91. The lowest BCUT2D eigenvalue weighted by molar-refractivity contribution is -0.384. The van der Waals surface area contributed by atoms with Gasteiger partial charge in [0.15, 0.2) is 0 Å². The van der Waals surface area contributed by atoms with Crippen molar-refractivity contribution in [3.63, 3.8) is 0 Å². The summed E-state index contributed by atoms with van der Waals surface area (Å²) >= 11 is 0. The number of aromatic nitrogens is 1. The number of pyridine rings is 1. The van der Waals surface area contributed by atoms with E-state index >= 15 is 0 Å². The van der Waals surface area contributed by atoms with Crippen LogP contribution >= 0.6 is 0 Å². The number of carbonyl (C=O) groups excluding carboxylic acids is 1. The van der Waals surface area contributed by atoms with Crippen molar-refractivity contribution in [1.29, 1.82) is 0 Å². The van der Waals surface area contributed by atoms with Crippen LogP contribution in [0.25, 0.3) is 0 Å². The molecule has 0 unspecified atom stereocenters. The van der Waals surface area contributed by atoms with Gasteiger partial charge in [-0.05, 0) is 24.1 Å². The first kappa shape index (κ1) is 14.4. The highest BCUT2D eigenvalue weighted by atomic mass is 16.6. The van der Waals surface area contributed by atoms with E-state index in [0.717, 1.165) is 5.56 Å². The van der Waals surface area contributed by atoms with E-state index in [1.807, 2.05) is 12.1 Å². The molecule has 0 aliphatic rings. The number of nitrogens with one attached hydrogen (secondary N) is 1. The Morgan fingerprint density at radius 1 is 1.38 bits per heavy atom. The summed E-state index contributed by atoms with van der Waals surface area (Å²) in [5.74, 6) is -0.430. The highest BCUT2D eigenvalue weighted by Crippen LogP contribution is 2.19. The number of anilines is 1. The summed E-state index contributed by atoms with van der Waals surface area (Å²) in [6.45, 7) is 0.395. The van der Waals surface area contributed by atoms with Crippen molar-refractivity contribution in [3.05, 3.63) is 64.0 Å². The number of rotatable bonds is 5. The van der Waals surface area contributed by atoms with Gasteiger partial charge in [0, 0.05) is 36.8 Å². The van der Waals surface area contributed by atoms with Gasteiger partial charge < -0.3 is 11.1 Å². The summed E-state index contributed by atoms with van der Waals surface area (Å²) in [5, 5.41) is 13.4. The lowest BCUT2D eigenvalue weighted by Gasteiger charge is -2.07. The van der Waals surface area contributed by atoms with Crippen molar-refractivity contribution in [3.8, 4) is 0 Å². The molecule has 0 bridgehead atoms. The highest BCUT2D eigenvalue weighted by molar-refractivity contribution is 5.99.